The first-order valence-corrected chi connectivity index (χ1v) is 7.63. The van der Waals surface area contributed by atoms with Gasteiger partial charge in [-0.15, -0.1) is 0 Å². The van der Waals surface area contributed by atoms with Gasteiger partial charge in [0.05, 0.1) is 6.21 Å². The minimum Gasteiger partial charge on any atom is -0.481 e. The lowest BCUT2D eigenvalue weighted by atomic mass is 10.2. The fourth-order valence-corrected chi connectivity index (χ4v) is 2.22. The quantitative estimate of drug-likeness (QED) is 0.519. The molecule has 2 aromatic heterocycles. The summed E-state index contributed by atoms with van der Waals surface area (Å²) in [5.41, 5.74) is 1.22. The number of carboxylic acids is 1. The Kier molecular flexibility index (Phi) is 4.95. The molecule has 2 N–H and O–H groups in total. The molecule has 126 valence electrons. The van der Waals surface area contributed by atoms with Crippen molar-refractivity contribution in [3.63, 3.8) is 0 Å². The lowest BCUT2D eigenvalue weighted by molar-refractivity contribution is -0.139. The van der Waals surface area contributed by atoms with Crippen molar-refractivity contribution in [2.45, 2.75) is 0 Å². The Morgan fingerprint density at radius 2 is 2.12 bits per heavy atom. The number of carboxylic acid groups (broad SMARTS) is 1. The van der Waals surface area contributed by atoms with Gasteiger partial charge in [0.15, 0.2) is 6.61 Å². The summed E-state index contributed by atoms with van der Waals surface area (Å²) in [4.78, 5) is 14.9. The van der Waals surface area contributed by atoms with E-state index in [-0.39, 0.29) is 0 Å². The molecule has 0 aliphatic carbocycles. The van der Waals surface area contributed by atoms with E-state index in [0.29, 0.717) is 27.6 Å². The number of para-hydroxylation sites is 1. The first kappa shape index (κ1) is 16.5. The lowest BCUT2D eigenvalue weighted by Crippen LogP contribution is -2.10. The predicted octanol–water partition coefficient (Wildman–Crippen LogP) is 2.35. The molecule has 0 fully saturated rings. The van der Waals surface area contributed by atoms with E-state index in [0.717, 1.165) is 0 Å². The van der Waals surface area contributed by atoms with Crippen molar-refractivity contribution in [1.82, 2.24) is 19.9 Å². The Balaban J connectivity index is 1.93. The third-order valence-electron chi connectivity index (χ3n) is 3.13. The average molecular weight is 355 g/mol. The van der Waals surface area contributed by atoms with Gasteiger partial charge in [-0.05, 0) is 36.5 Å². The Bertz CT molecular complexity index is 965. The van der Waals surface area contributed by atoms with Gasteiger partial charge in [-0.25, -0.2) is 9.89 Å². The number of nitrogens with zero attached hydrogens (tertiary/aromatic N) is 4. The van der Waals surface area contributed by atoms with Crippen LogP contribution in [0.25, 0.3) is 11.5 Å². The maximum atomic E-state index is 10.7. The van der Waals surface area contributed by atoms with Gasteiger partial charge in [0.2, 0.25) is 10.6 Å². The van der Waals surface area contributed by atoms with Crippen molar-refractivity contribution in [3.8, 4) is 17.3 Å². The molecule has 3 rings (SSSR count). The van der Waals surface area contributed by atoms with Crippen LogP contribution in [-0.2, 0) is 4.79 Å². The third-order valence-corrected chi connectivity index (χ3v) is 3.39. The third kappa shape index (κ3) is 3.96. The van der Waals surface area contributed by atoms with Crippen molar-refractivity contribution in [2.75, 3.05) is 6.61 Å². The maximum Gasteiger partial charge on any atom is 0.341 e. The number of carbonyl (C=O) groups is 1. The molecule has 25 heavy (non-hydrogen) atoms. The van der Waals surface area contributed by atoms with Crippen LogP contribution in [0.15, 0.2) is 53.8 Å². The molecule has 2 heterocycles. The largest absolute Gasteiger partial charge is 0.481 e. The second-order valence-corrected chi connectivity index (χ2v) is 5.23. The topological polar surface area (TPSA) is 105 Å². The monoisotopic (exact) mass is 355 g/mol. The van der Waals surface area contributed by atoms with Crippen LogP contribution in [0.1, 0.15) is 5.56 Å². The number of aromatic nitrogens is 4. The van der Waals surface area contributed by atoms with Gasteiger partial charge in [-0.3, -0.25) is 4.98 Å². The standard InChI is InChI=1S/C16H13N5O3S/c22-14(23)10-24-13-7-2-1-5-11(13)9-18-21-15(19-20-16(21)25)12-6-3-4-8-17-12/h1-9H,10H2,(H,20,25)(H,22,23)/b18-9+. The van der Waals surface area contributed by atoms with Gasteiger partial charge >= 0.3 is 5.97 Å². The summed E-state index contributed by atoms with van der Waals surface area (Å²) in [5, 5.41) is 19.9. The molecule has 8 nitrogen and oxygen atoms in total. The summed E-state index contributed by atoms with van der Waals surface area (Å²) in [6, 6.07) is 12.4. The number of benzene rings is 1. The molecule has 0 aliphatic heterocycles. The molecule has 1 aromatic carbocycles. The second kappa shape index (κ2) is 7.49. The second-order valence-electron chi connectivity index (χ2n) is 4.84. The van der Waals surface area contributed by atoms with E-state index in [4.69, 9.17) is 22.1 Å². The summed E-state index contributed by atoms with van der Waals surface area (Å²) in [5.74, 6) is -0.185. The molecule has 0 radical (unpaired) electrons. The SMILES string of the molecule is O=C(O)COc1ccccc1/C=N/n1c(-c2ccccn2)n[nH]c1=S. The lowest BCUT2D eigenvalue weighted by Gasteiger charge is -2.06. The van der Waals surface area contributed by atoms with E-state index < -0.39 is 12.6 Å². The van der Waals surface area contributed by atoms with Crippen LogP contribution >= 0.6 is 12.2 Å². The first-order chi connectivity index (χ1) is 12.1. The summed E-state index contributed by atoms with van der Waals surface area (Å²) in [7, 11) is 0. The summed E-state index contributed by atoms with van der Waals surface area (Å²) < 4.78 is 6.99. The minimum atomic E-state index is -1.05. The van der Waals surface area contributed by atoms with Crippen molar-refractivity contribution in [3.05, 3.63) is 59.0 Å². The number of hydrogen-bond acceptors (Lipinski definition) is 6. The molecule has 0 amide bonds. The summed E-state index contributed by atoms with van der Waals surface area (Å²) in [6.07, 6.45) is 3.17. The molecule has 0 bridgehead atoms. The van der Waals surface area contributed by atoms with Crippen molar-refractivity contribution < 1.29 is 14.6 Å². The van der Waals surface area contributed by atoms with E-state index in [1.807, 2.05) is 6.07 Å². The Labute approximate surface area is 147 Å². The number of nitrogens with one attached hydrogen (secondary N) is 1. The molecule has 0 saturated heterocycles. The van der Waals surface area contributed by atoms with Crippen molar-refractivity contribution in [2.24, 2.45) is 5.10 Å². The highest BCUT2D eigenvalue weighted by Gasteiger charge is 2.09. The first-order valence-electron chi connectivity index (χ1n) is 7.22. The van der Waals surface area contributed by atoms with Crippen LogP contribution < -0.4 is 4.74 Å². The van der Waals surface area contributed by atoms with Crippen LogP contribution in [0, 0.1) is 4.77 Å². The number of aliphatic carboxylic acids is 1. The molecule has 0 atom stereocenters. The van der Waals surface area contributed by atoms with Crippen LogP contribution in [0.3, 0.4) is 0 Å². The molecule has 3 aromatic rings. The van der Waals surface area contributed by atoms with Crippen molar-refractivity contribution in [1.29, 1.82) is 0 Å². The predicted molar refractivity (Wildman–Crippen MR) is 93.2 cm³/mol. The molecular weight excluding hydrogens is 342 g/mol. The van der Waals surface area contributed by atoms with E-state index >= 15 is 0 Å². The van der Waals surface area contributed by atoms with Crippen LogP contribution in [-0.4, -0.2) is 43.8 Å². The molecular formula is C16H13N5O3S. The Morgan fingerprint density at radius 3 is 2.88 bits per heavy atom. The van der Waals surface area contributed by atoms with Gasteiger partial charge in [0.1, 0.15) is 11.4 Å². The van der Waals surface area contributed by atoms with Crippen molar-refractivity contribution >= 4 is 24.4 Å². The molecule has 0 unspecified atom stereocenters. The normalized spacial score (nSPS) is 10.9. The van der Waals surface area contributed by atoms with E-state index in [9.17, 15) is 4.79 Å². The zero-order chi connectivity index (χ0) is 17.6. The highest BCUT2D eigenvalue weighted by Crippen LogP contribution is 2.17. The van der Waals surface area contributed by atoms with Crippen LogP contribution in [0.4, 0.5) is 0 Å². The Morgan fingerprint density at radius 1 is 1.32 bits per heavy atom. The number of pyridine rings is 1. The summed E-state index contributed by atoms with van der Waals surface area (Å²) >= 11 is 5.20. The van der Waals surface area contributed by atoms with Crippen LogP contribution in [0.5, 0.6) is 5.75 Å². The van der Waals surface area contributed by atoms with Gasteiger partial charge in [-0.1, -0.05) is 18.2 Å². The number of aromatic amines is 1. The average Bonchev–Trinajstić information content (AvgIpc) is 3.00. The van der Waals surface area contributed by atoms with E-state index in [1.54, 1.807) is 42.6 Å². The Hall–Kier alpha value is -3.33. The number of hydrogen-bond donors (Lipinski definition) is 2. The molecule has 0 spiro atoms. The molecule has 9 heteroatoms. The molecule has 0 aliphatic rings. The number of ether oxygens (including phenoxy) is 1. The van der Waals surface area contributed by atoms with E-state index in [2.05, 4.69) is 20.3 Å². The molecule has 0 saturated carbocycles. The van der Waals surface area contributed by atoms with Gasteiger partial charge < -0.3 is 9.84 Å². The van der Waals surface area contributed by atoms with Gasteiger partial charge in [0, 0.05) is 11.8 Å². The minimum absolute atomic E-state index is 0.306. The fraction of sp³-hybridized carbons (Fsp3) is 0.0625. The van der Waals surface area contributed by atoms with Gasteiger partial charge in [-0.2, -0.15) is 14.9 Å². The van der Waals surface area contributed by atoms with E-state index in [1.165, 1.54) is 10.9 Å². The highest BCUT2D eigenvalue weighted by molar-refractivity contribution is 7.71. The zero-order valence-electron chi connectivity index (χ0n) is 12.9. The highest BCUT2D eigenvalue weighted by atomic mass is 32.1. The smallest absolute Gasteiger partial charge is 0.341 e. The van der Waals surface area contributed by atoms with Crippen LogP contribution in [0.2, 0.25) is 0 Å². The van der Waals surface area contributed by atoms with Gasteiger partial charge in [0.25, 0.3) is 0 Å². The maximum absolute atomic E-state index is 10.7. The summed E-state index contributed by atoms with van der Waals surface area (Å²) in [6.45, 7) is -0.435. The fourth-order valence-electron chi connectivity index (χ4n) is 2.04. The number of H-pyrrole nitrogens is 1. The number of rotatable bonds is 6. The zero-order valence-corrected chi connectivity index (χ0v) is 13.7.